The van der Waals surface area contributed by atoms with Gasteiger partial charge in [0.15, 0.2) is 0 Å². The van der Waals surface area contributed by atoms with Crippen molar-refractivity contribution in [2.75, 3.05) is 19.9 Å². The van der Waals surface area contributed by atoms with Crippen molar-refractivity contribution in [2.24, 2.45) is 0 Å². The van der Waals surface area contributed by atoms with E-state index in [-0.39, 0.29) is 20.3 Å². The smallest absolute Gasteiger partial charge is 0.136 e. The third-order valence-corrected chi connectivity index (χ3v) is 2.37. The predicted octanol–water partition coefficient (Wildman–Crippen LogP) is 0.589. The summed E-state index contributed by atoms with van der Waals surface area (Å²) in [7, 11) is -0.291. The van der Waals surface area contributed by atoms with Crippen LogP contribution in [-0.2, 0) is 9.32 Å². The first-order valence-corrected chi connectivity index (χ1v) is 5.90. The minimum absolute atomic E-state index is 0.0231. The number of hydrogen-bond acceptors (Lipinski definition) is 3. The van der Waals surface area contributed by atoms with E-state index in [0.717, 1.165) is 19.3 Å². The highest BCUT2D eigenvalue weighted by Crippen LogP contribution is 2.30. The molecule has 0 bridgehead atoms. The quantitative estimate of drug-likeness (QED) is 0.504. The van der Waals surface area contributed by atoms with Crippen LogP contribution in [-0.4, -0.2) is 38.3 Å². The fourth-order valence-corrected chi connectivity index (χ4v) is 1.97. The molecule has 1 aliphatic rings. The largest absolute Gasteiger partial charge is 0.355 e. The molecular weight excluding hydrogens is 161 g/mol. The molecule has 1 fully saturated rings. The Labute approximate surface area is 68.3 Å². The molecule has 2 atom stereocenters. The van der Waals surface area contributed by atoms with Gasteiger partial charge in [-0.3, -0.25) is 0 Å². The van der Waals surface area contributed by atoms with Crippen molar-refractivity contribution in [1.29, 1.82) is 0 Å². The number of carbonyl (C=O) groups excluding carboxylic acids is 1. The summed E-state index contributed by atoms with van der Waals surface area (Å²) in [5.74, 6) is 0. The molecule has 0 spiro atoms. The average molecular weight is 175 g/mol. The van der Waals surface area contributed by atoms with Crippen LogP contribution in [0, 0.1) is 0 Å². The van der Waals surface area contributed by atoms with Crippen molar-refractivity contribution in [3.8, 4) is 0 Å². The van der Waals surface area contributed by atoms with Crippen molar-refractivity contribution >= 4 is 14.4 Å². The van der Waals surface area contributed by atoms with Crippen molar-refractivity contribution in [1.82, 2.24) is 5.32 Å². The van der Waals surface area contributed by atoms with E-state index in [9.17, 15) is 4.79 Å². The van der Waals surface area contributed by atoms with Gasteiger partial charge in [0.25, 0.3) is 0 Å². The van der Waals surface area contributed by atoms with E-state index in [1.807, 2.05) is 0 Å². The molecule has 0 amide bonds. The molecule has 3 nitrogen and oxygen atoms in total. The van der Waals surface area contributed by atoms with Gasteiger partial charge in [-0.15, -0.1) is 0 Å². The summed E-state index contributed by atoms with van der Waals surface area (Å²) in [4.78, 5) is 10.3. The van der Waals surface area contributed by atoms with Gasteiger partial charge in [-0.25, -0.2) is 0 Å². The van der Waals surface area contributed by atoms with Gasteiger partial charge in [-0.2, -0.15) is 0 Å². The van der Waals surface area contributed by atoms with E-state index in [2.05, 4.69) is 18.6 Å². The molecule has 1 rings (SSSR count). The van der Waals surface area contributed by atoms with Crippen LogP contribution in [0.15, 0.2) is 0 Å². The molecule has 0 aromatic rings. The van der Waals surface area contributed by atoms with Crippen LogP contribution in [0.4, 0.5) is 0 Å². The van der Waals surface area contributed by atoms with Crippen LogP contribution in [0.5, 0.6) is 0 Å². The number of aldehydes is 1. The third-order valence-electron chi connectivity index (χ3n) is 1.65. The zero-order chi connectivity index (χ0) is 8.27. The van der Waals surface area contributed by atoms with Gasteiger partial charge in [0.05, 0.1) is 12.1 Å². The molecule has 4 heteroatoms. The van der Waals surface area contributed by atoms with E-state index in [4.69, 9.17) is 4.52 Å². The Balaban J connectivity index is 2.24. The maximum atomic E-state index is 10.3. The normalized spacial score (nSPS) is 31.2. The Kier molecular flexibility index (Phi) is 3.44. The first-order chi connectivity index (χ1) is 5.22. The number of rotatable bonds is 3. The maximum Gasteiger partial charge on any atom is 0.136 e. The fraction of sp³-hybridized carbons (Fsp3) is 0.857. The van der Waals surface area contributed by atoms with Gasteiger partial charge >= 0.3 is 0 Å². The standard InChI is InChI=1S/C7H14NO2P/c1-11(2)10-7-3-6(5-9)8-4-7/h5-8H,3-4H2,1-2H3. The van der Waals surface area contributed by atoms with Crippen molar-refractivity contribution in [3.63, 3.8) is 0 Å². The lowest BCUT2D eigenvalue weighted by molar-refractivity contribution is -0.109. The van der Waals surface area contributed by atoms with E-state index in [1.54, 1.807) is 0 Å². The lowest BCUT2D eigenvalue weighted by Gasteiger charge is -2.12. The lowest BCUT2D eigenvalue weighted by Crippen LogP contribution is -2.22. The molecule has 0 saturated carbocycles. The Bertz CT molecular complexity index is 140. The van der Waals surface area contributed by atoms with Crippen molar-refractivity contribution in [2.45, 2.75) is 18.6 Å². The van der Waals surface area contributed by atoms with Crippen molar-refractivity contribution in [3.05, 3.63) is 0 Å². The molecule has 2 unspecified atom stereocenters. The SMILES string of the molecule is CP(C)OC1CNC(C=O)C1. The lowest BCUT2D eigenvalue weighted by atomic mass is 10.2. The molecule has 1 aliphatic heterocycles. The minimum atomic E-state index is -0.291. The summed E-state index contributed by atoms with van der Waals surface area (Å²) in [6, 6.07) is 0.0231. The molecule has 0 aliphatic carbocycles. The first kappa shape index (κ1) is 9.11. The van der Waals surface area contributed by atoms with Gasteiger partial charge in [0, 0.05) is 14.7 Å². The predicted molar refractivity (Wildman–Crippen MR) is 46.1 cm³/mol. The van der Waals surface area contributed by atoms with Gasteiger partial charge in [0.1, 0.15) is 6.29 Å². The van der Waals surface area contributed by atoms with E-state index < -0.39 is 0 Å². The average Bonchev–Trinajstić information content (AvgIpc) is 2.34. The molecule has 0 radical (unpaired) electrons. The summed E-state index contributed by atoms with van der Waals surface area (Å²) < 4.78 is 5.59. The molecule has 1 saturated heterocycles. The third kappa shape index (κ3) is 2.86. The highest BCUT2D eigenvalue weighted by atomic mass is 31.1. The monoisotopic (exact) mass is 175 g/mol. The van der Waals surface area contributed by atoms with Gasteiger partial charge in [0.2, 0.25) is 0 Å². The highest BCUT2D eigenvalue weighted by Gasteiger charge is 2.24. The van der Waals surface area contributed by atoms with Gasteiger partial charge < -0.3 is 14.6 Å². The second kappa shape index (κ2) is 4.15. The molecule has 0 aromatic carbocycles. The number of carbonyl (C=O) groups is 1. The Hall–Kier alpha value is 0.0200. The van der Waals surface area contributed by atoms with E-state index in [0.29, 0.717) is 0 Å². The van der Waals surface area contributed by atoms with E-state index >= 15 is 0 Å². The van der Waals surface area contributed by atoms with Crippen LogP contribution >= 0.6 is 8.15 Å². The highest BCUT2D eigenvalue weighted by molar-refractivity contribution is 7.50. The Morgan fingerprint density at radius 2 is 2.36 bits per heavy atom. The summed E-state index contributed by atoms with van der Waals surface area (Å²) >= 11 is 0. The molecule has 1 heterocycles. The summed E-state index contributed by atoms with van der Waals surface area (Å²) in [6.45, 7) is 4.97. The Morgan fingerprint density at radius 3 is 2.82 bits per heavy atom. The van der Waals surface area contributed by atoms with Crippen LogP contribution in [0.1, 0.15) is 6.42 Å². The minimum Gasteiger partial charge on any atom is -0.355 e. The van der Waals surface area contributed by atoms with Crippen LogP contribution in [0.2, 0.25) is 0 Å². The van der Waals surface area contributed by atoms with Gasteiger partial charge in [-0.05, 0) is 19.8 Å². The zero-order valence-electron chi connectivity index (χ0n) is 6.91. The number of hydrogen-bond donors (Lipinski definition) is 1. The number of nitrogens with one attached hydrogen (secondary N) is 1. The fourth-order valence-electron chi connectivity index (χ4n) is 1.21. The molecule has 1 N–H and O–H groups in total. The van der Waals surface area contributed by atoms with Crippen LogP contribution < -0.4 is 5.32 Å². The molecule has 0 aromatic heterocycles. The van der Waals surface area contributed by atoms with Crippen molar-refractivity contribution < 1.29 is 9.32 Å². The van der Waals surface area contributed by atoms with Gasteiger partial charge in [-0.1, -0.05) is 0 Å². The summed E-state index contributed by atoms with van der Waals surface area (Å²) in [6.07, 6.45) is 2.05. The Morgan fingerprint density at radius 1 is 1.64 bits per heavy atom. The van der Waals surface area contributed by atoms with Crippen LogP contribution in [0.3, 0.4) is 0 Å². The summed E-state index contributed by atoms with van der Waals surface area (Å²) in [5.41, 5.74) is 0. The molecular formula is C7H14NO2P. The zero-order valence-corrected chi connectivity index (χ0v) is 7.80. The second-order valence-corrected chi connectivity index (χ2v) is 4.76. The molecule has 64 valence electrons. The maximum absolute atomic E-state index is 10.3. The first-order valence-electron chi connectivity index (χ1n) is 3.75. The second-order valence-electron chi connectivity index (χ2n) is 2.93. The molecule has 11 heavy (non-hydrogen) atoms. The summed E-state index contributed by atoms with van der Waals surface area (Å²) in [5, 5.41) is 3.08. The topological polar surface area (TPSA) is 38.3 Å². The van der Waals surface area contributed by atoms with Crippen LogP contribution in [0.25, 0.3) is 0 Å². The van der Waals surface area contributed by atoms with E-state index in [1.165, 1.54) is 0 Å².